The van der Waals surface area contributed by atoms with E-state index in [-0.39, 0.29) is 12.3 Å². The van der Waals surface area contributed by atoms with Gasteiger partial charge in [-0.3, -0.25) is 4.79 Å². The Balaban J connectivity index is 1.87. The third-order valence-corrected chi connectivity index (χ3v) is 5.92. The normalized spacial score (nSPS) is 11.9. The number of ether oxygens (including phenoxy) is 1. The molecule has 0 fully saturated rings. The molecule has 0 bridgehead atoms. The first-order valence-corrected chi connectivity index (χ1v) is 10.9. The van der Waals surface area contributed by atoms with E-state index in [1.165, 1.54) is 11.8 Å². The molecule has 0 aliphatic carbocycles. The molecular formula is C22H23ClN4O2S. The van der Waals surface area contributed by atoms with Crippen molar-refractivity contribution in [2.45, 2.75) is 30.3 Å². The second kappa shape index (κ2) is 10.5. The molecule has 3 rings (SSSR count). The Labute approximate surface area is 185 Å². The van der Waals surface area contributed by atoms with Crippen LogP contribution in [0.25, 0.3) is 11.0 Å². The van der Waals surface area contributed by atoms with Gasteiger partial charge in [-0.1, -0.05) is 41.6 Å². The van der Waals surface area contributed by atoms with Gasteiger partial charge >= 0.3 is 0 Å². The molecule has 1 atom stereocenters. The maximum atomic E-state index is 13.3. The third-order valence-electron chi connectivity index (χ3n) is 4.61. The highest BCUT2D eigenvalue weighted by atomic mass is 35.5. The quantitative estimate of drug-likeness (QED) is 0.446. The van der Waals surface area contributed by atoms with Crippen molar-refractivity contribution in [2.24, 2.45) is 0 Å². The highest BCUT2D eigenvalue weighted by Crippen LogP contribution is 2.30. The number of carbonyl (C=O) groups is 1. The molecule has 0 spiro atoms. The number of hydrogen-bond donors (Lipinski definition) is 0. The molecule has 8 heteroatoms. The number of carbonyl (C=O) groups excluding carboxylic acids is 1. The van der Waals surface area contributed by atoms with E-state index in [0.717, 1.165) is 21.9 Å². The van der Waals surface area contributed by atoms with E-state index in [9.17, 15) is 4.79 Å². The van der Waals surface area contributed by atoms with Crippen LogP contribution < -0.4 is 4.90 Å². The molecule has 1 aromatic heterocycles. The molecule has 30 heavy (non-hydrogen) atoms. The number of anilines is 1. The van der Waals surface area contributed by atoms with Gasteiger partial charge in [-0.25, -0.2) is 4.98 Å². The summed E-state index contributed by atoms with van der Waals surface area (Å²) in [4.78, 5) is 19.6. The predicted octanol–water partition coefficient (Wildman–Crippen LogP) is 4.76. The lowest BCUT2D eigenvalue weighted by Crippen LogP contribution is -2.37. The summed E-state index contributed by atoms with van der Waals surface area (Å²) in [6, 6.07) is 17.1. The number of fused-ring (bicyclic) bond motifs is 1. The zero-order valence-corrected chi connectivity index (χ0v) is 18.5. The molecule has 2 aromatic carbocycles. The van der Waals surface area contributed by atoms with Crippen LogP contribution in [-0.4, -0.2) is 41.0 Å². The Kier molecular flexibility index (Phi) is 7.75. The zero-order valence-electron chi connectivity index (χ0n) is 16.9. The highest BCUT2D eigenvalue weighted by molar-refractivity contribution is 8.00. The number of hydrogen-bond acceptors (Lipinski definition) is 5. The second-order valence-electron chi connectivity index (χ2n) is 6.67. The van der Waals surface area contributed by atoms with Crippen LogP contribution in [0.3, 0.4) is 0 Å². The van der Waals surface area contributed by atoms with E-state index in [1.54, 1.807) is 12.0 Å². The molecule has 0 aliphatic heterocycles. The number of nitrogens with zero attached hydrogens (tertiary/aromatic N) is 4. The highest BCUT2D eigenvalue weighted by Gasteiger charge is 2.25. The van der Waals surface area contributed by atoms with Gasteiger partial charge in [0.2, 0.25) is 5.91 Å². The Morgan fingerprint density at radius 1 is 1.33 bits per heavy atom. The van der Waals surface area contributed by atoms with Gasteiger partial charge < -0.3 is 14.2 Å². The number of thioether (sulfide) groups is 1. The number of rotatable bonds is 9. The van der Waals surface area contributed by atoms with Gasteiger partial charge in [-0.2, -0.15) is 5.26 Å². The van der Waals surface area contributed by atoms with Gasteiger partial charge in [-0.05, 0) is 37.3 Å². The Morgan fingerprint density at radius 3 is 2.80 bits per heavy atom. The summed E-state index contributed by atoms with van der Waals surface area (Å²) >= 11 is 7.53. The molecule has 0 N–H and O–H groups in total. The van der Waals surface area contributed by atoms with Crippen molar-refractivity contribution < 1.29 is 9.53 Å². The predicted molar refractivity (Wildman–Crippen MR) is 121 cm³/mol. The largest absolute Gasteiger partial charge is 0.383 e. The number of benzene rings is 2. The Hall–Kier alpha value is -2.53. The molecule has 1 heterocycles. The van der Waals surface area contributed by atoms with Gasteiger partial charge in [0.15, 0.2) is 5.16 Å². The number of amides is 1. The minimum Gasteiger partial charge on any atom is -0.383 e. The van der Waals surface area contributed by atoms with Crippen molar-refractivity contribution in [3.63, 3.8) is 0 Å². The van der Waals surface area contributed by atoms with Crippen LogP contribution in [0.1, 0.15) is 13.3 Å². The molecule has 0 aliphatic rings. The van der Waals surface area contributed by atoms with Crippen molar-refractivity contribution in [1.29, 1.82) is 5.26 Å². The number of para-hydroxylation sites is 1. The topological polar surface area (TPSA) is 71.2 Å². The van der Waals surface area contributed by atoms with Gasteiger partial charge in [0.1, 0.15) is 0 Å². The smallest absolute Gasteiger partial charge is 0.240 e. The summed E-state index contributed by atoms with van der Waals surface area (Å²) in [7, 11) is 1.65. The van der Waals surface area contributed by atoms with Crippen LogP contribution in [0, 0.1) is 11.3 Å². The average Bonchev–Trinajstić information content (AvgIpc) is 3.08. The molecule has 0 saturated heterocycles. The molecule has 0 radical (unpaired) electrons. The van der Waals surface area contributed by atoms with Crippen LogP contribution in [-0.2, 0) is 16.1 Å². The zero-order chi connectivity index (χ0) is 21.5. The lowest BCUT2D eigenvalue weighted by atomic mass is 10.2. The van der Waals surface area contributed by atoms with Gasteiger partial charge in [-0.15, -0.1) is 0 Å². The van der Waals surface area contributed by atoms with Gasteiger partial charge in [0, 0.05) is 30.9 Å². The summed E-state index contributed by atoms with van der Waals surface area (Å²) in [6.07, 6.45) is 0.267. The Bertz CT molecular complexity index is 1050. The lowest BCUT2D eigenvalue weighted by Gasteiger charge is -2.25. The van der Waals surface area contributed by atoms with E-state index in [4.69, 9.17) is 26.6 Å². The van der Waals surface area contributed by atoms with Crippen molar-refractivity contribution >= 4 is 46.0 Å². The van der Waals surface area contributed by atoms with Crippen molar-refractivity contribution in [1.82, 2.24) is 9.55 Å². The summed E-state index contributed by atoms with van der Waals surface area (Å²) in [5.74, 6) is -0.0650. The second-order valence-corrected chi connectivity index (χ2v) is 8.41. The summed E-state index contributed by atoms with van der Waals surface area (Å²) in [5.41, 5.74) is 2.51. The van der Waals surface area contributed by atoms with Gasteiger partial charge in [0.25, 0.3) is 0 Å². The molecule has 3 aromatic rings. The monoisotopic (exact) mass is 442 g/mol. The summed E-state index contributed by atoms with van der Waals surface area (Å²) < 4.78 is 7.29. The minimum absolute atomic E-state index is 0.0650. The van der Waals surface area contributed by atoms with Gasteiger partial charge in [0.05, 0.1) is 35.4 Å². The average molecular weight is 443 g/mol. The van der Waals surface area contributed by atoms with Crippen LogP contribution >= 0.6 is 23.4 Å². The molecule has 0 saturated carbocycles. The Morgan fingerprint density at radius 2 is 2.10 bits per heavy atom. The molecular weight excluding hydrogens is 420 g/mol. The summed E-state index contributed by atoms with van der Waals surface area (Å²) in [5, 5.41) is 9.97. The number of nitriles is 1. The number of halogens is 1. The fraction of sp³-hybridized carbons (Fsp3) is 0.318. The fourth-order valence-electron chi connectivity index (χ4n) is 3.13. The SMILES string of the molecule is COCCn1c(SC(C)C(=O)N(CCC#N)c2ccccc2)nc2cc(Cl)ccc21. The van der Waals surface area contributed by atoms with E-state index in [1.807, 2.05) is 60.0 Å². The van der Waals surface area contributed by atoms with Crippen LogP contribution in [0.2, 0.25) is 5.02 Å². The van der Waals surface area contributed by atoms with Crippen LogP contribution in [0.15, 0.2) is 53.7 Å². The van der Waals surface area contributed by atoms with E-state index >= 15 is 0 Å². The first-order valence-electron chi connectivity index (χ1n) is 9.60. The molecule has 156 valence electrons. The number of imidazole rings is 1. The van der Waals surface area contributed by atoms with Crippen LogP contribution in [0.4, 0.5) is 5.69 Å². The van der Waals surface area contributed by atoms with Crippen molar-refractivity contribution in [3.8, 4) is 6.07 Å². The maximum absolute atomic E-state index is 13.3. The minimum atomic E-state index is -0.391. The van der Waals surface area contributed by atoms with Crippen molar-refractivity contribution in [3.05, 3.63) is 53.6 Å². The third kappa shape index (κ3) is 5.14. The maximum Gasteiger partial charge on any atom is 0.240 e. The lowest BCUT2D eigenvalue weighted by molar-refractivity contribution is -0.117. The molecule has 1 unspecified atom stereocenters. The fourth-order valence-corrected chi connectivity index (χ4v) is 4.31. The van der Waals surface area contributed by atoms with E-state index in [2.05, 4.69) is 6.07 Å². The first-order chi connectivity index (χ1) is 14.5. The first kappa shape index (κ1) is 22.2. The standard InChI is InChI=1S/C22H23ClN4O2S/c1-16(21(28)26(12-6-11-24)18-7-4-3-5-8-18)30-22-25-19-15-17(23)9-10-20(19)27(22)13-14-29-2/h3-5,7-10,15-16H,6,12-14H2,1-2H3. The van der Waals surface area contributed by atoms with E-state index < -0.39 is 5.25 Å². The number of aromatic nitrogens is 2. The van der Waals surface area contributed by atoms with Crippen LogP contribution in [0.5, 0.6) is 0 Å². The molecule has 1 amide bonds. The van der Waals surface area contributed by atoms with E-state index in [0.29, 0.717) is 24.7 Å². The molecule has 6 nitrogen and oxygen atoms in total. The number of methoxy groups -OCH3 is 1. The summed E-state index contributed by atoms with van der Waals surface area (Å²) in [6.45, 7) is 3.36. The van der Waals surface area contributed by atoms with Crippen molar-refractivity contribution in [2.75, 3.05) is 25.2 Å².